The van der Waals surface area contributed by atoms with E-state index in [-0.39, 0.29) is 11.3 Å². The number of hydrogen-bond acceptors (Lipinski definition) is 5. The second-order valence-corrected chi connectivity index (χ2v) is 6.95. The van der Waals surface area contributed by atoms with Crippen molar-refractivity contribution in [3.05, 3.63) is 40.7 Å². The number of amides is 1. The minimum atomic E-state index is -4.99. The predicted molar refractivity (Wildman–Crippen MR) is 101 cm³/mol. The van der Waals surface area contributed by atoms with Gasteiger partial charge in [0.05, 0.1) is 12.7 Å². The van der Waals surface area contributed by atoms with Crippen LogP contribution in [0.1, 0.15) is 57.7 Å². The number of aromatic amines is 1. The number of esters is 1. The van der Waals surface area contributed by atoms with E-state index in [9.17, 15) is 27.9 Å². The number of nitrogens with one attached hydrogen (secondary N) is 2. The molecule has 1 atom stereocenters. The molecule has 2 aromatic heterocycles. The molecule has 0 spiro atoms. The highest BCUT2D eigenvalue weighted by molar-refractivity contribution is 6.00. The Morgan fingerprint density at radius 1 is 1.37 bits per heavy atom. The van der Waals surface area contributed by atoms with Crippen molar-refractivity contribution < 1.29 is 32.6 Å². The minimum absolute atomic E-state index is 0.0855. The predicted octanol–water partition coefficient (Wildman–Crippen LogP) is 2.37. The van der Waals surface area contributed by atoms with Crippen LogP contribution in [0, 0.1) is 6.92 Å². The van der Waals surface area contributed by atoms with Gasteiger partial charge in [-0.25, -0.2) is 9.78 Å². The standard InChI is InChI=1S/C19H25F3N4O4/c1-5-6-12-13(16(28)30-4)11(2)25-14(12)15(27)23-8-7-18(29,19(20,21)22)17-24-9-10-26(17)3/h9-10,25,29H,5-8H2,1-4H3,(H,23,27). The molecule has 2 rings (SSSR count). The first kappa shape index (κ1) is 23.5. The maximum Gasteiger partial charge on any atom is 0.424 e. The fourth-order valence-corrected chi connectivity index (χ4v) is 3.34. The molecule has 2 heterocycles. The summed E-state index contributed by atoms with van der Waals surface area (Å²) in [7, 11) is 2.56. The summed E-state index contributed by atoms with van der Waals surface area (Å²) < 4.78 is 46.5. The highest BCUT2D eigenvalue weighted by Gasteiger charge is 2.57. The number of nitrogens with zero attached hydrogens (tertiary/aromatic N) is 2. The zero-order valence-electron chi connectivity index (χ0n) is 17.2. The van der Waals surface area contributed by atoms with Gasteiger partial charge in [-0.1, -0.05) is 13.3 Å². The molecule has 0 saturated carbocycles. The number of halogens is 3. The number of imidazole rings is 1. The molecule has 166 valence electrons. The summed E-state index contributed by atoms with van der Waals surface area (Å²) in [6.45, 7) is 2.99. The first-order valence-electron chi connectivity index (χ1n) is 9.32. The third-order valence-electron chi connectivity index (χ3n) is 4.84. The molecule has 1 unspecified atom stereocenters. The smallest absolute Gasteiger partial charge is 0.424 e. The fraction of sp³-hybridized carbons (Fsp3) is 0.526. The summed E-state index contributed by atoms with van der Waals surface area (Å²) in [6, 6.07) is 0. The number of aliphatic hydroxyl groups is 1. The molecule has 0 aliphatic heterocycles. The second-order valence-electron chi connectivity index (χ2n) is 6.95. The molecule has 30 heavy (non-hydrogen) atoms. The molecule has 0 fully saturated rings. The van der Waals surface area contributed by atoms with Crippen molar-refractivity contribution in [2.45, 2.75) is 44.9 Å². The molecule has 0 radical (unpaired) electrons. The molecule has 8 nitrogen and oxygen atoms in total. The lowest BCUT2D eigenvalue weighted by Gasteiger charge is -2.29. The molecule has 11 heteroatoms. The number of aryl methyl sites for hydroxylation is 2. The van der Waals surface area contributed by atoms with Crippen LogP contribution in [-0.4, -0.2) is 51.3 Å². The molecular formula is C19H25F3N4O4. The van der Waals surface area contributed by atoms with Gasteiger partial charge in [-0.05, 0) is 18.9 Å². The highest BCUT2D eigenvalue weighted by Crippen LogP contribution is 2.40. The number of methoxy groups -OCH3 is 1. The summed E-state index contributed by atoms with van der Waals surface area (Å²) >= 11 is 0. The van der Waals surface area contributed by atoms with Gasteiger partial charge in [-0.2, -0.15) is 13.2 Å². The average molecular weight is 430 g/mol. The van der Waals surface area contributed by atoms with E-state index in [0.717, 1.165) is 10.8 Å². The van der Waals surface area contributed by atoms with Crippen molar-refractivity contribution in [3.8, 4) is 0 Å². The Bertz CT molecular complexity index is 920. The Labute approximate surface area is 171 Å². The van der Waals surface area contributed by atoms with Crippen LogP contribution < -0.4 is 5.32 Å². The van der Waals surface area contributed by atoms with Crippen molar-refractivity contribution in [3.63, 3.8) is 0 Å². The van der Waals surface area contributed by atoms with Crippen LogP contribution in [0.25, 0.3) is 0 Å². The molecular weight excluding hydrogens is 405 g/mol. The zero-order chi connectivity index (χ0) is 22.7. The molecule has 0 aromatic carbocycles. The molecule has 0 bridgehead atoms. The van der Waals surface area contributed by atoms with E-state index in [2.05, 4.69) is 15.3 Å². The van der Waals surface area contributed by atoms with Gasteiger partial charge in [0.2, 0.25) is 5.60 Å². The van der Waals surface area contributed by atoms with E-state index in [0.29, 0.717) is 24.1 Å². The van der Waals surface area contributed by atoms with Gasteiger partial charge in [-0.15, -0.1) is 0 Å². The molecule has 0 aliphatic carbocycles. The van der Waals surface area contributed by atoms with Gasteiger partial charge in [0.1, 0.15) is 11.5 Å². The van der Waals surface area contributed by atoms with Crippen LogP contribution >= 0.6 is 0 Å². The Morgan fingerprint density at radius 3 is 2.53 bits per heavy atom. The largest absolute Gasteiger partial charge is 0.465 e. The topological polar surface area (TPSA) is 109 Å². The molecule has 0 saturated heterocycles. The second kappa shape index (κ2) is 8.90. The maximum atomic E-state index is 13.6. The van der Waals surface area contributed by atoms with Gasteiger partial charge in [0, 0.05) is 38.1 Å². The van der Waals surface area contributed by atoms with Crippen LogP contribution in [0.15, 0.2) is 12.4 Å². The fourth-order valence-electron chi connectivity index (χ4n) is 3.34. The van der Waals surface area contributed by atoms with Gasteiger partial charge < -0.3 is 24.7 Å². The average Bonchev–Trinajstić information content (AvgIpc) is 3.23. The summed E-state index contributed by atoms with van der Waals surface area (Å²) in [5.74, 6) is -1.85. The van der Waals surface area contributed by atoms with E-state index in [4.69, 9.17) is 4.74 Å². The number of aromatic nitrogens is 3. The van der Waals surface area contributed by atoms with Crippen molar-refractivity contribution in [1.82, 2.24) is 19.9 Å². The summed E-state index contributed by atoms with van der Waals surface area (Å²) in [4.78, 5) is 31.1. The number of hydrogen-bond donors (Lipinski definition) is 3. The van der Waals surface area contributed by atoms with E-state index in [1.807, 2.05) is 6.92 Å². The van der Waals surface area contributed by atoms with Crippen LogP contribution in [0.2, 0.25) is 0 Å². The lowest BCUT2D eigenvalue weighted by atomic mass is 9.97. The third kappa shape index (κ3) is 4.35. The van der Waals surface area contributed by atoms with Crippen LogP contribution in [-0.2, 0) is 23.8 Å². The summed E-state index contributed by atoms with van der Waals surface area (Å²) in [5.41, 5.74) is -2.04. The first-order chi connectivity index (χ1) is 14.0. The lowest BCUT2D eigenvalue weighted by Crippen LogP contribution is -2.46. The normalized spacial score (nSPS) is 13.7. The molecule has 2 aromatic rings. The van der Waals surface area contributed by atoms with E-state index >= 15 is 0 Å². The quantitative estimate of drug-likeness (QED) is 0.557. The number of carbonyl (C=O) groups excluding carboxylic acids is 2. The summed E-state index contributed by atoms with van der Waals surface area (Å²) in [6.07, 6.45) is -2.35. The first-order valence-corrected chi connectivity index (χ1v) is 9.32. The molecule has 3 N–H and O–H groups in total. The molecule has 0 aliphatic rings. The van der Waals surface area contributed by atoms with Crippen LogP contribution in [0.5, 0.6) is 0 Å². The SMILES string of the molecule is CCCc1c(C(=O)NCCC(O)(c2nccn2C)C(F)(F)F)[nH]c(C)c1C(=O)OC. The van der Waals surface area contributed by atoms with Crippen molar-refractivity contribution in [1.29, 1.82) is 0 Å². The highest BCUT2D eigenvalue weighted by atomic mass is 19.4. The van der Waals surface area contributed by atoms with E-state index < -0.39 is 42.4 Å². The molecule has 1 amide bonds. The van der Waals surface area contributed by atoms with Gasteiger partial charge in [-0.3, -0.25) is 4.79 Å². The monoisotopic (exact) mass is 430 g/mol. The Kier molecular flexibility index (Phi) is 6.96. The number of alkyl halides is 3. The van der Waals surface area contributed by atoms with Crippen molar-refractivity contribution in [2.75, 3.05) is 13.7 Å². The van der Waals surface area contributed by atoms with Crippen LogP contribution in [0.4, 0.5) is 13.2 Å². The zero-order valence-corrected chi connectivity index (χ0v) is 17.2. The van der Waals surface area contributed by atoms with Gasteiger partial charge in [0.15, 0.2) is 0 Å². The summed E-state index contributed by atoms with van der Waals surface area (Å²) in [5, 5.41) is 12.7. The van der Waals surface area contributed by atoms with E-state index in [1.54, 1.807) is 6.92 Å². The van der Waals surface area contributed by atoms with E-state index in [1.165, 1.54) is 20.4 Å². The van der Waals surface area contributed by atoms with Crippen molar-refractivity contribution in [2.24, 2.45) is 7.05 Å². The Balaban J connectivity index is 2.23. The number of carbonyl (C=O) groups is 2. The van der Waals surface area contributed by atoms with Gasteiger partial charge in [0.25, 0.3) is 5.91 Å². The van der Waals surface area contributed by atoms with Crippen molar-refractivity contribution >= 4 is 11.9 Å². The number of ether oxygens (including phenoxy) is 1. The van der Waals surface area contributed by atoms with Crippen LogP contribution in [0.3, 0.4) is 0 Å². The number of rotatable bonds is 8. The number of H-pyrrole nitrogens is 1. The Morgan fingerprint density at radius 2 is 2.03 bits per heavy atom. The third-order valence-corrected chi connectivity index (χ3v) is 4.84. The van der Waals surface area contributed by atoms with Gasteiger partial charge >= 0.3 is 12.1 Å². The Hall–Kier alpha value is -2.82. The lowest BCUT2D eigenvalue weighted by molar-refractivity contribution is -0.272. The minimum Gasteiger partial charge on any atom is -0.465 e. The maximum absolute atomic E-state index is 13.6.